The number of aromatic nitrogens is 1. The van der Waals surface area contributed by atoms with Crippen LogP contribution in [0, 0.1) is 5.82 Å². The maximum absolute atomic E-state index is 13.2. The summed E-state index contributed by atoms with van der Waals surface area (Å²) < 4.78 is 74.4. The SMILES string of the molecule is NCc1c(C(F)(F)F)ncc(C(F)F)c1F. The van der Waals surface area contributed by atoms with Crippen molar-refractivity contribution in [1.29, 1.82) is 0 Å². The molecule has 16 heavy (non-hydrogen) atoms. The van der Waals surface area contributed by atoms with Crippen LogP contribution in [0.1, 0.15) is 23.2 Å². The molecule has 0 aromatic carbocycles. The Morgan fingerprint density at radius 3 is 2.25 bits per heavy atom. The van der Waals surface area contributed by atoms with Gasteiger partial charge in [0.15, 0.2) is 5.69 Å². The van der Waals surface area contributed by atoms with E-state index in [0.717, 1.165) is 0 Å². The summed E-state index contributed by atoms with van der Waals surface area (Å²) in [6.07, 6.45) is -7.99. The lowest BCUT2D eigenvalue weighted by molar-refractivity contribution is -0.142. The number of nitrogens with zero attached hydrogens (tertiary/aromatic N) is 1. The van der Waals surface area contributed by atoms with Crippen LogP contribution in [0.15, 0.2) is 6.20 Å². The summed E-state index contributed by atoms with van der Waals surface area (Å²) in [5, 5.41) is 0. The number of hydrogen-bond acceptors (Lipinski definition) is 2. The zero-order valence-corrected chi connectivity index (χ0v) is 7.65. The lowest BCUT2D eigenvalue weighted by Crippen LogP contribution is -2.17. The zero-order chi connectivity index (χ0) is 12.5. The molecule has 2 nitrogen and oxygen atoms in total. The lowest BCUT2D eigenvalue weighted by Gasteiger charge is -2.13. The third-order valence-corrected chi connectivity index (χ3v) is 1.84. The highest BCUT2D eigenvalue weighted by molar-refractivity contribution is 5.30. The molecule has 0 bridgehead atoms. The molecule has 0 saturated heterocycles. The van der Waals surface area contributed by atoms with E-state index in [0.29, 0.717) is 0 Å². The van der Waals surface area contributed by atoms with Gasteiger partial charge in [0, 0.05) is 18.3 Å². The molecule has 0 aliphatic carbocycles. The first-order valence-electron chi connectivity index (χ1n) is 4.01. The molecular formula is C8H6F6N2. The lowest BCUT2D eigenvalue weighted by atomic mass is 10.1. The standard InChI is InChI=1S/C8H6F6N2/c9-5-3(1-15)6(8(12,13)14)16-2-4(5)7(10)11/h2,7H,1,15H2. The van der Waals surface area contributed by atoms with E-state index in [4.69, 9.17) is 5.73 Å². The van der Waals surface area contributed by atoms with Crippen LogP contribution in [0.2, 0.25) is 0 Å². The molecule has 2 N–H and O–H groups in total. The van der Waals surface area contributed by atoms with Crippen LogP contribution >= 0.6 is 0 Å². The number of halogens is 6. The van der Waals surface area contributed by atoms with Gasteiger partial charge in [0.1, 0.15) is 5.82 Å². The summed E-state index contributed by atoms with van der Waals surface area (Å²) in [6.45, 7) is -0.853. The first kappa shape index (κ1) is 12.8. The van der Waals surface area contributed by atoms with E-state index in [1.54, 1.807) is 0 Å². The molecule has 0 fully saturated rings. The topological polar surface area (TPSA) is 38.9 Å². The molecule has 1 rings (SSSR count). The number of alkyl halides is 5. The molecule has 0 amide bonds. The fourth-order valence-electron chi connectivity index (χ4n) is 1.13. The Hall–Kier alpha value is -1.31. The predicted octanol–water partition coefficient (Wildman–Crippen LogP) is 2.64. The third-order valence-electron chi connectivity index (χ3n) is 1.84. The van der Waals surface area contributed by atoms with Gasteiger partial charge >= 0.3 is 6.18 Å². The molecular weight excluding hydrogens is 238 g/mol. The molecule has 0 aliphatic rings. The Labute approximate surface area is 86.1 Å². The van der Waals surface area contributed by atoms with Crippen LogP contribution in [0.5, 0.6) is 0 Å². The van der Waals surface area contributed by atoms with Gasteiger partial charge in [0.2, 0.25) is 0 Å². The molecule has 1 aromatic rings. The van der Waals surface area contributed by atoms with Gasteiger partial charge in [0.05, 0.1) is 5.56 Å². The molecule has 0 saturated carbocycles. The fraction of sp³-hybridized carbons (Fsp3) is 0.375. The number of rotatable bonds is 2. The van der Waals surface area contributed by atoms with Crippen LogP contribution in [0.4, 0.5) is 26.3 Å². The molecule has 90 valence electrons. The van der Waals surface area contributed by atoms with Crippen molar-refractivity contribution < 1.29 is 26.3 Å². The van der Waals surface area contributed by atoms with Gasteiger partial charge in [-0.25, -0.2) is 13.2 Å². The Balaban J connectivity index is 3.41. The zero-order valence-electron chi connectivity index (χ0n) is 7.65. The van der Waals surface area contributed by atoms with E-state index < -0.39 is 41.8 Å². The van der Waals surface area contributed by atoms with E-state index in [2.05, 4.69) is 4.98 Å². The highest BCUT2D eigenvalue weighted by atomic mass is 19.4. The van der Waals surface area contributed by atoms with Gasteiger partial charge in [-0.15, -0.1) is 0 Å². The molecule has 1 heterocycles. The minimum absolute atomic E-state index is 0.169. The smallest absolute Gasteiger partial charge is 0.326 e. The van der Waals surface area contributed by atoms with Crippen molar-refractivity contribution in [3.05, 3.63) is 28.8 Å². The Morgan fingerprint density at radius 2 is 1.88 bits per heavy atom. The predicted molar refractivity (Wildman–Crippen MR) is 42.0 cm³/mol. The van der Waals surface area contributed by atoms with Gasteiger partial charge in [-0.3, -0.25) is 4.98 Å². The Morgan fingerprint density at radius 1 is 1.31 bits per heavy atom. The Bertz CT molecular complexity index is 387. The van der Waals surface area contributed by atoms with Crippen molar-refractivity contribution in [3.8, 4) is 0 Å². The molecule has 0 aliphatic heterocycles. The average molecular weight is 244 g/mol. The monoisotopic (exact) mass is 244 g/mol. The summed E-state index contributed by atoms with van der Waals surface area (Å²) in [6, 6.07) is 0. The second-order valence-corrected chi connectivity index (χ2v) is 2.86. The second-order valence-electron chi connectivity index (χ2n) is 2.86. The van der Waals surface area contributed by atoms with Gasteiger partial charge in [-0.05, 0) is 0 Å². The minimum Gasteiger partial charge on any atom is -0.326 e. The quantitative estimate of drug-likeness (QED) is 0.812. The van der Waals surface area contributed by atoms with Crippen LogP contribution in [-0.4, -0.2) is 4.98 Å². The first-order valence-corrected chi connectivity index (χ1v) is 4.01. The summed E-state index contributed by atoms with van der Waals surface area (Å²) >= 11 is 0. The largest absolute Gasteiger partial charge is 0.433 e. The molecule has 0 unspecified atom stereocenters. The van der Waals surface area contributed by atoms with Crippen LogP contribution < -0.4 is 5.73 Å². The summed E-state index contributed by atoms with van der Waals surface area (Å²) in [7, 11) is 0. The maximum Gasteiger partial charge on any atom is 0.433 e. The van der Waals surface area contributed by atoms with E-state index >= 15 is 0 Å². The number of nitrogens with two attached hydrogens (primary N) is 1. The average Bonchev–Trinajstić information content (AvgIpc) is 2.15. The van der Waals surface area contributed by atoms with Crippen molar-refractivity contribution in [3.63, 3.8) is 0 Å². The molecule has 0 spiro atoms. The second kappa shape index (κ2) is 4.28. The van der Waals surface area contributed by atoms with Crippen molar-refractivity contribution in [2.45, 2.75) is 19.1 Å². The van der Waals surface area contributed by atoms with Gasteiger partial charge in [-0.2, -0.15) is 13.2 Å². The van der Waals surface area contributed by atoms with E-state index in [1.807, 2.05) is 0 Å². The minimum atomic E-state index is -4.92. The van der Waals surface area contributed by atoms with Gasteiger partial charge in [0.25, 0.3) is 6.43 Å². The number of pyridine rings is 1. The normalized spacial score (nSPS) is 12.2. The van der Waals surface area contributed by atoms with E-state index in [9.17, 15) is 26.3 Å². The van der Waals surface area contributed by atoms with Gasteiger partial charge in [-0.1, -0.05) is 0 Å². The van der Waals surface area contributed by atoms with Crippen LogP contribution in [-0.2, 0) is 12.7 Å². The van der Waals surface area contributed by atoms with E-state index in [1.165, 1.54) is 0 Å². The van der Waals surface area contributed by atoms with Crippen molar-refractivity contribution in [2.75, 3.05) is 0 Å². The molecule has 0 radical (unpaired) electrons. The molecule has 8 heteroatoms. The highest BCUT2D eigenvalue weighted by Crippen LogP contribution is 2.33. The van der Waals surface area contributed by atoms with Gasteiger partial charge < -0.3 is 5.73 Å². The van der Waals surface area contributed by atoms with Crippen molar-refractivity contribution >= 4 is 0 Å². The fourth-order valence-corrected chi connectivity index (χ4v) is 1.13. The first-order chi connectivity index (χ1) is 7.29. The molecule has 0 atom stereocenters. The number of hydrogen-bond donors (Lipinski definition) is 1. The Kier molecular flexibility index (Phi) is 3.41. The summed E-state index contributed by atoms with van der Waals surface area (Å²) in [5.41, 5.74) is 1.08. The third kappa shape index (κ3) is 2.26. The molecule has 1 aromatic heterocycles. The summed E-state index contributed by atoms with van der Waals surface area (Å²) in [4.78, 5) is 2.78. The highest BCUT2D eigenvalue weighted by Gasteiger charge is 2.37. The van der Waals surface area contributed by atoms with Crippen LogP contribution in [0.25, 0.3) is 0 Å². The van der Waals surface area contributed by atoms with Crippen molar-refractivity contribution in [2.24, 2.45) is 5.73 Å². The van der Waals surface area contributed by atoms with E-state index in [-0.39, 0.29) is 6.20 Å². The van der Waals surface area contributed by atoms with Crippen molar-refractivity contribution in [1.82, 2.24) is 4.98 Å². The maximum atomic E-state index is 13.2. The summed E-state index contributed by atoms with van der Waals surface area (Å²) in [5.74, 6) is -1.65. The van der Waals surface area contributed by atoms with Crippen LogP contribution in [0.3, 0.4) is 0 Å².